The van der Waals surface area contributed by atoms with E-state index >= 15 is 0 Å². The lowest BCUT2D eigenvalue weighted by Gasteiger charge is -2.33. The number of fused-ring (bicyclic) bond motifs is 1. The summed E-state index contributed by atoms with van der Waals surface area (Å²) in [7, 11) is 1.44. The van der Waals surface area contributed by atoms with Crippen LogP contribution < -0.4 is 21.1 Å². The van der Waals surface area contributed by atoms with Crippen LogP contribution in [0.1, 0.15) is 42.2 Å². The maximum Gasteiger partial charge on any atom is 0.255 e. The Labute approximate surface area is 214 Å². The molecule has 3 atom stereocenters. The number of halogens is 1. The Morgan fingerprint density at radius 1 is 1.22 bits per heavy atom. The molecule has 1 aliphatic heterocycles. The molecular weight excluding hydrogens is 473 g/mol. The summed E-state index contributed by atoms with van der Waals surface area (Å²) in [4.78, 5) is 21.4. The van der Waals surface area contributed by atoms with E-state index in [2.05, 4.69) is 34.4 Å². The molecule has 0 spiro atoms. The topological polar surface area (TPSA) is 120 Å². The second-order valence-corrected chi connectivity index (χ2v) is 9.56. The minimum atomic E-state index is -0.502. The van der Waals surface area contributed by atoms with Crippen molar-refractivity contribution >= 4 is 22.8 Å². The smallest absolute Gasteiger partial charge is 0.255 e. The summed E-state index contributed by atoms with van der Waals surface area (Å²) in [5.74, 6) is 0.203. The minimum absolute atomic E-state index is 0.146. The van der Waals surface area contributed by atoms with Crippen LogP contribution >= 0.6 is 0 Å². The van der Waals surface area contributed by atoms with Crippen molar-refractivity contribution in [2.45, 2.75) is 38.9 Å². The monoisotopic (exact) mass is 503 g/mol. The third-order valence-corrected chi connectivity index (χ3v) is 6.98. The molecule has 1 saturated heterocycles. The Morgan fingerprint density at radius 2 is 2.00 bits per heavy atom. The predicted molar refractivity (Wildman–Crippen MR) is 140 cm³/mol. The minimum Gasteiger partial charge on any atom is -0.496 e. The third-order valence-electron chi connectivity index (χ3n) is 6.98. The number of rotatable bonds is 6. The van der Waals surface area contributed by atoms with Crippen molar-refractivity contribution in [3.63, 3.8) is 0 Å². The quantitative estimate of drug-likeness (QED) is 0.367. The second kappa shape index (κ2) is 10.1. The molecule has 9 nitrogen and oxygen atoms in total. The van der Waals surface area contributed by atoms with Gasteiger partial charge in [0.25, 0.3) is 5.91 Å². The SMILES string of the molecule is COc1ccc(F)cc1C(=O)NCc1ccc(-c2nn(C3CNC(C)CC3C)c3ncnc(N)c23)cc1. The van der Waals surface area contributed by atoms with Crippen molar-refractivity contribution in [2.24, 2.45) is 5.92 Å². The average Bonchev–Trinajstić information content (AvgIpc) is 3.28. The number of benzene rings is 2. The molecule has 0 aliphatic carbocycles. The molecule has 1 aliphatic rings. The molecule has 0 radical (unpaired) electrons. The first kappa shape index (κ1) is 24.6. The Bertz CT molecular complexity index is 1440. The van der Waals surface area contributed by atoms with Crippen molar-refractivity contribution in [2.75, 3.05) is 19.4 Å². The fourth-order valence-corrected chi connectivity index (χ4v) is 4.99. The molecule has 4 N–H and O–H groups in total. The average molecular weight is 504 g/mol. The largest absolute Gasteiger partial charge is 0.496 e. The van der Waals surface area contributed by atoms with Gasteiger partial charge in [-0.15, -0.1) is 0 Å². The van der Waals surface area contributed by atoms with E-state index in [0.717, 1.165) is 46.9 Å². The summed E-state index contributed by atoms with van der Waals surface area (Å²) in [5.41, 5.74) is 9.62. The number of ether oxygens (including phenoxy) is 1. The van der Waals surface area contributed by atoms with Gasteiger partial charge in [0.05, 0.1) is 24.1 Å². The number of carbonyl (C=O) groups is 1. The zero-order chi connectivity index (χ0) is 26.1. The lowest BCUT2D eigenvalue weighted by Crippen LogP contribution is -2.42. The number of methoxy groups -OCH3 is 1. The first-order valence-corrected chi connectivity index (χ1v) is 12.3. The summed E-state index contributed by atoms with van der Waals surface area (Å²) in [6.07, 6.45) is 2.52. The maximum absolute atomic E-state index is 13.6. The zero-order valence-electron chi connectivity index (χ0n) is 21.0. The molecule has 3 heterocycles. The number of amides is 1. The summed E-state index contributed by atoms with van der Waals surface area (Å²) in [6, 6.07) is 12.2. The molecule has 0 saturated carbocycles. The normalized spacial score (nSPS) is 19.6. The number of hydrogen-bond donors (Lipinski definition) is 3. The Hall–Kier alpha value is -4.05. The maximum atomic E-state index is 13.6. The van der Waals surface area contributed by atoms with Crippen molar-refractivity contribution in [1.29, 1.82) is 0 Å². The highest BCUT2D eigenvalue weighted by Crippen LogP contribution is 2.35. The van der Waals surface area contributed by atoms with E-state index in [1.807, 2.05) is 28.9 Å². The van der Waals surface area contributed by atoms with E-state index in [9.17, 15) is 9.18 Å². The number of piperidine rings is 1. The zero-order valence-corrected chi connectivity index (χ0v) is 21.0. The highest BCUT2D eigenvalue weighted by Gasteiger charge is 2.30. The Balaban J connectivity index is 1.39. The molecule has 2 aromatic carbocycles. The molecule has 5 rings (SSSR count). The fraction of sp³-hybridized carbons (Fsp3) is 0.333. The van der Waals surface area contributed by atoms with E-state index in [1.54, 1.807) is 0 Å². The standard InChI is InChI=1S/C27H30FN7O2/c1-15-10-16(2)30-13-21(15)35-26-23(25(29)32-14-33-26)24(34-35)18-6-4-17(5-7-18)12-31-27(36)20-11-19(28)8-9-22(20)37-3/h4-9,11,14-16,21,30H,10,12-13H2,1-3H3,(H,31,36)(H2,29,32,33). The van der Waals surface area contributed by atoms with Crippen LogP contribution in [0.3, 0.4) is 0 Å². The van der Waals surface area contributed by atoms with Gasteiger partial charge >= 0.3 is 0 Å². The van der Waals surface area contributed by atoms with Crippen molar-refractivity contribution in [3.8, 4) is 17.0 Å². The van der Waals surface area contributed by atoms with Gasteiger partial charge in [-0.05, 0) is 43.0 Å². The molecule has 2 aromatic heterocycles. The van der Waals surface area contributed by atoms with Crippen molar-refractivity contribution in [1.82, 2.24) is 30.4 Å². The van der Waals surface area contributed by atoms with Gasteiger partial charge in [-0.3, -0.25) is 4.79 Å². The molecule has 37 heavy (non-hydrogen) atoms. The van der Waals surface area contributed by atoms with E-state index in [0.29, 0.717) is 23.5 Å². The number of hydrogen-bond acceptors (Lipinski definition) is 7. The summed E-state index contributed by atoms with van der Waals surface area (Å²) in [5, 5.41) is 12.1. The first-order valence-electron chi connectivity index (χ1n) is 12.3. The second-order valence-electron chi connectivity index (χ2n) is 9.56. The van der Waals surface area contributed by atoms with Crippen LogP contribution in [0.15, 0.2) is 48.8 Å². The number of nitrogen functional groups attached to an aromatic ring is 1. The van der Waals surface area contributed by atoms with Gasteiger partial charge in [0, 0.05) is 24.7 Å². The number of anilines is 1. The summed E-state index contributed by atoms with van der Waals surface area (Å²) >= 11 is 0. The number of carbonyl (C=O) groups excluding carboxylic acids is 1. The molecule has 192 valence electrons. The highest BCUT2D eigenvalue weighted by molar-refractivity contribution is 5.98. The van der Waals surface area contributed by atoms with E-state index in [4.69, 9.17) is 15.6 Å². The van der Waals surface area contributed by atoms with Crippen LogP contribution in [0, 0.1) is 11.7 Å². The van der Waals surface area contributed by atoms with Crippen LogP contribution in [0.5, 0.6) is 5.75 Å². The first-order chi connectivity index (χ1) is 17.9. The van der Waals surface area contributed by atoms with Crippen LogP contribution in [0.4, 0.5) is 10.2 Å². The van der Waals surface area contributed by atoms with Crippen LogP contribution in [-0.2, 0) is 6.54 Å². The molecule has 4 aromatic rings. The Kier molecular flexibility index (Phi) is 6.75. The van der Waals surface area contributed by atoms with Crippen LogP contribution in [0.2, 0.25) is 0 Å². The van der Waals surface area contributed by atoms with E-state index < -0.39 is 11.7 Å². The van der Waals surface area contributed by atoms with Gasteiger partial charge in [0.15, 0.2) is 5.65 Å². The molecule has 1 fully saturated rings. The number of aromatic nitrogens is 4. The predicted octanol–water partition coefficient (Wildman–Crippen LogP) is 3.71. The summed E-state index contributed by atoms with van der Waals surface area (Å²) in [6.45, 7) is 5.50. The van der Waals surface area contributed by atoms with Gasteiger partial charge in [0.2, 0.25) is 0 Å². The fourth-order valence-electron chi connectivity index (χ4n) is 4.99. The lowest BCUT2D eigenvalue weighted by atomic mass is 9.90. The number of nitrogens with one attached hydrogen (secondary N) is 2. The van der Waals surface area contributed by atoms with Gasteiger partial charge < -0.3 is 21.1 Å². The molecule has 10 heteroatoms. The van der Waals surface area contributed by atoms with E-state index in [-0.39, 0.29) is 18.2 Å². The Morgan fingerprint density at radius 3 is 2.73 bits per heavy atom. The highest BCUT2D eigenvalue weighted by atomic mass is 19.1. The van der Waals surface area contributed by atoms with E-state index in [1.165, 1.54) is 25.6 Å². The van der Waals surface area contributed by atoms with Crippen molar-refractivity contribution < 1.29 is 13.9 Å². The van der Waals surface area contributed by atoms with Gasteiger partial charge in [-0.25, -0.2) is 19.0 Å². The number of nitrogens with two attached hydrogens (primary N) is 1. The van der Waals surface area contributed by atoms with Gasteiger partial charge in [-0.1, -0.05) is 31.2 Å². The molecule has 0 bridgehead atoms. The molecular formula is C27H30FN7O2. The van der Waals surface area contributed by atoms with Crippen LogP contribution in [0.25, 0.3) is 22.3 Å². The number of nitrogens with zero attached hydrogens (tertiary/aromatic N) is 4. The van der Waals surface area contributed by atoms with Gasteiger partial charge in [0.1, 0.15) is 29.4 Å². The van der Waals surface area contributed by atoms with Crippen molar-refractivity contribution in [3.05, 3.63) is 65.7 Å². The molecule has 1 amide bonds. The van der Waals surface area contributed by atoms with Gasteiger partial charge in [-0.2, -0.15) is 5.10 Å². The third kappa shape index (κ3) is 4.84. The van der Waals surface area contributed by atoms with Crippen LogP contribution in [-0.4, -0.2) is 45.4 Å². The molecule has 3 unspecified atom stereocenters. The summed E-state index contributed by atoms with van der Waals surface area (Å²) < 4.78 is 20.8. The lowest BCUT2D eigenvalue weighted by molar-refractivity contribution is 0.0947.